The van der Waals surface area contributed by atoms with E-state index >= 15 is 0 Å². The highest BCUT2D eigenvalue weighted by Gasteiger charge is 2.13. The van der Waals surface area contributed by atoms with Gasteiger partial charge in [0.2, 0.25) is 0 Å². The standard InChI is InChI=1S/C18H19BrN2O5/c1-23-14-6-5-12(19)8-13(14)18(22)21-20-10-11-7-16(25-3)17(26-4)9-15(11)24-2/h5-10H,1-4H3,(H,21,22)/b20-10-. The number of methoxy groups -OCH3 is 4. The molecule has 0 aliphatic carbocycles. The lowest BCUT2D eigenvalue weighted by Gasteiger charge is -2.12. The van der Waals surface area contributed by atoms with Crippen molar-refractivity contribution in [1.82, 2.24) is 5.43 Å². The molecule has 1 amide bonds. The maximum atomic E-state index is 12.3. The predicted molar refractivity (Wildman–Crippen MR) is 102 cm³/mol. The molecule has 7 nitrogen and oxygen atoms in total. The van der Waals surface area contributed by atoms with Crippen LogP contribution in [-0.2, 0) is 0 Å². The first-order valence-electron chi connectivity index (χ1n) is 7.51. The maximum absolute atomic E-state index is 12.3. The summed E-state index contributed by atoms with van der Waals surface area (Å²) in [6.45, 7) is 0. The number of ether oxygens (including phenoxy) is 4. The molecule has 0 bridgehead atoms. The fraction of sp³-hybridized carbons (Fsp3) is 0.222. The van der Waals surface area contributed by atoms with Crippen LogP contribution in [0.4, 0.5) is 0 Å². The van der Waals surface area contributed by atoms with Crippen LogP contribution in [0.1, 0.15) is 15.9 Å². The minimum atomic E-state index is -0.404. The lowest BCUT2D eigenvalue weighted by atomic mass is 10.2. The molecular weight excluding hydrogens is 404 g/mol. The monoisotopic (exact) mass is 422 g/mol. The van der Waals surface area contributed by atoms with E-state index in [1.165, 1.54) is 34.7 Å². The third-order valence-corrected chi connectivity index (χ3v) is 4.01. The molecule has 0 radical (unpaired) electrons. The number of hydrogen-bond donors (Lipinski definition) is 1. The molecule has 2 aromatic carbocycles. The van der Waals surface area contributed by atoms with Crippen molar-refractivity contribution in [2.45, 2.75) is 0 Å². The summed E-state index contributed by atoms with van der Waals surface area (Å²) in [5, 5.41) is 3.99. The molecule has 0 aromatic heterocycles. The summed E-state index contributed by atoms with van der Waals surface area (Å²) >= 11 is 3.33. The van der Waals surface area contributed by atoms with Crippen molar-refractivity contribution >= 4 is 28.1 Å². The van der Waals surface area contributed by atoms with Gasteiger partial charge in [-0.2, -0.15) is 5.10 Å². The van der Waals surface area contributed by atoms with Gasteiger partial charge in [-0.1, -0.05) is 15.9 Å². The Morgan fingerprint density at radius 1 is 0.923 bits per heavy atom. The molecule has 0 saturated heterocycles. The number of benzene rings is 2. The third kappa shape index (κ3) is 4.45. The van der Waals surface area contributed by atoms with E-state index in [1.54, 1.807) is 30.3 Å². The van der Waals surface area contributed by atoms with E-state index in [4.69, 9.17) is 18.9 Å². The normalized spacial score (nSPS) is 10.5. The Balaban J connectivity index is 2.23. The highest BCUT2D eigenvalue weighted by atomic mass is 79.9. The third-order valence-electron chi connectivity index (χ3n) is 3.51. The van der Waals surface area contributed by atoms with Crippen molar-refractivity contribution in [2.75, 3.05) is 28.4 Å². The Labute approximate surface area is 160 Å². The lowest BCUT2D eigenvalue weighted by Crippen LogP contribution is -2.18. The van der Waals surface area contributed by atoms with Crippen molar-refractivity contribution < 1.29 is 23.7 Å². The van der Waals surface area contributed by atoms with Crippen molar-refractivity contribution in [3.63, 3.8) is 0 Å². The fourth-order valence-electron chi connectivity index (χ4n) is 2.23. The number of carbonyl (C=O) groups is 1. The highest BCUT2D eigenvalue weighted by Crippen LogP contribution is 2.33. The SMILES string of the molecule is COc1cc(OC)c(OC)cc1/C=N\NC(=O)c1cc(Br)ccc1OC. The first-order chi connectivity index (χ1) is 12.5. The molecule has 8 heteroatoms. The number of hydrazone groups is 1. The quantitative estimate of drug-likeness (QED) is 0.547. The van der Waals surface area contributed by atoms with Gasteiger partial charge in [-0.3, -0.25) is 4.79 Å². The number of hydrogen-bond acceptors (Lipinski definition) is 6. The molecule has 0 heterocycles. The number of carbonyl (C=O) groups excluding carboxylic acids is 1. The first-order valence-corrected chi connectivity index (χ1v) is 8.30. The smallest absolute Gasteiger partial charge is 0.275 e. The van der Waals surface area contributed by atoms with E-state index in [9.17, 15) is 4.79 Å². The van der Waals surface area contributed by atoms with Crippen LogP contribution >= 0.6 is 15.9 Å². The van der Waals surface area contributed by atoms with Crippen LogP contribution in [-0.4, -0.2) is 40.6 Å². The maximum Gasteiger partial charge on any atom is 0.275 e. The van der Waals surface area contributed by atoms with Crippen molar-refractivity contribution in [1.29, 1.82) is 0 Å². The van der Waals surface area contributed by atoms with E-state index in [2.05, 4.69) is 26.5 Å². The summed E-state index contributed by atoms with van der Waals surface area (Å²) in [6, 6.07) is 8.51. The van der Waals surface area contributed by atoms with E-state index in [0.29, 0.717) is 34.1 Å². The summed E-state index contributed by atoms with van der Waals surface area (Å²) in [7, 11) is 6.10. The van der Waals surface area contributed by atoms with Gasteiger partial charge >= 0.3 is 0 Å². The second-order valence-corrected chi connectivity index (χ2v) is 5.91. The Hall–Kier alpha value is -2.74. The van der Waals surface area contributed by atoms with Gasteiger partial charge in [0.25, 0.3) is 5.91 Å². The summed E-state index contributed by atoms with van der Waals surface area (Å²) in [5.74, 6) is 1.63. The summed E-state index contributed by atoms with van der Waals surface area (Å²) in [4.78, 5) is 12.3. The molecule has 0 atom stereocenters. The van der Waals surface area contributed by atoms with Crippen LogP contribution in [0.15, 0.2) is 39.9 Å². The van der Waals surface area contributed by atoms with E-state index in [0.717, 1.165) is 4.47 Å². The second kappa shape index (κ2) is 9.10. The highest BCUT2D eigenvalue weighted by molar-refractivity contribution is 9.10. The van der Waals surface area contributed by atoms with Gasteiger partial charge in [0.1, 0.15) is 11.5 Å². The lowest BCUT2D eigenvalue weighted by molar-refractivity contribution is 0.0952. The molecule has 0 saturated carbocycles. The zero-order chi connectivity index (χ0) is 19.1. The zero-order valence-corrected chi connectivity index (χ0v) is 16.4. The second-order valence-electron chi connectivity index (χ2n) is 4.99. The van der Waals surface area contributed by atoms with Crippen LogP contribution in [0.2, 0.25) is 0 Å². The molecule has 0 aliphatic rings. The van der Waals surface area contributed by atoms with Crippen LogP contribution in [0.3, 0.4) is 0 Å². The molecule has 138 valence electrons. The van der Waals surface area contributed by atoms with E-state index in [-0.39, 0.29) is 0 Å². The largest absolute Gasteiger partial charge is 0.496 e. The van der Waals surface area contributed by atoms with Crippen molar-refractivity contribution in [3.8, 4) is 23.0 Å². The van der Waals surface area contributed by atoms with Gasteiger partial charge in [0, 0.05) is 16.1 Å². The molecule has 0 fully saturated rings. The molecule has 0 unspecified atom stereocenters. The number of rotatable bonds is 7. The molecule has 0 spiro atoms. The van der Waals surface area contributed by atoms with E-state index in [1.807, 2.05) is 0 Å². The Bertz CT molecular complexity index is 823. The number of halogens is 1. The fourth-order valence-corrected chi connectivity index (χ4v) is 2.59. The predicted octanol–water partition coefficient (Wildman–Crippen LogP) is 3.25. The number of nitrogens with zero attached hydrogens (tertiary/aromatic N) is 1. The first kappa shape index (κ1) is 19.6. The Morgan fingerprint density at radius 3 is 2.15 bits per heavy atom. The van der Waals surface area contributed by atoms with Crippen LogP contribution in [0, 0.1) is 0 Å². The van der Waals surface area contributed by atoms with Gasteiger partial charge in [-0.05, 0) is 24.3 Å². The van der Waals surface area contributed by atoms with E-state index < -0.39 is 5.91 Å². The van der Waals surface area contributed by atoms with Gasteiger partial charge in [0.15, 0.2) is 11.5 Å². The molecular formula is C18H19BrN2O5. The molecule has 2 rings (SSSR count). The van der Waals surface area contributed by atoms with Crippen molar-refractivity contribution in [3.05, 3.63) is 45.9 Å². The zero-order valence-electron chi connectivity index (χ0n) is 14.8. The average molecular weight is 423 g/mol. The molecule has 0 aliphatic heterocycles. The summed E-state index contributed by atoms with van der Waals surface area (Å²) in [6.07, 6.45) is 1.46. The molecule has 1 N–H and O–H groups in total. The Kier molecular flexibility index (Phi) is 6.85. The summed E-state index contributed by atoms with van der Waals surface area (Å²) < 4.78 is 21.8. The topological polar surface area (TPSA) is 78.4 Å². The van der Waals surface area contributed by atoms with Gasteiger partial charge in [-0.25, -0.2) is 5.43 Å². The minimum absolute atomic E-state index is 0.360. The van der Waals surface area contributed by atoms with Crippen LogP contribution in [0.5, 0.6) is 23.0 Å². The molecule has 2 aromatic rings. The van der Waals surface area contributed by atoms with Crippen LogP contribution < -0.4 is 24.4 Å². The van der Waals surface area contributed by atoms with Crippen molar-refractivity contribution in [2.24, 2.45) is 5.10 Å². The van der Waals surface area contributed by atoms with Gasteiger partial charge in [-0.15, -0.1) is 0 Å². The van der Waals surface area contributed by atoms with Crippen LogP contribution in [0.25, 0.3) is 0 Å². The minimum Gasteiger partial charge on any atom is -0.496 e. The summed E-state index contributed by atoms with van der Waals surface area (Å²) in [5.41, 5.74) is 3.45. The number of amides is 1. The molecule has 26 heavy (non-hydrogen) atoms. The number of nitrogens with one attached hydrogen (secondary N) is 1. The van der Waals surface area contributed by atoms with Gasteiger partial charge in [0.05, 0.1) is 40.2 Å². The van der Waals surface area contributed by atoms with Gasteiger partial charge < -0.3 is 18.9 Å². The average Bonchev–Trinajstić information content (AvgIpc) is 2.67. The Morgan fingerprint density at radius 2 is 1.54 bits per heavy atom.